The maximum atomic E-state index is 12.2. The zero-order valence-corrected chi connectivity index (χ0v) is 14.5. The molecule has 0 saturated heterocycles. The molecule has 0 aliphatic heterocycles. The fraction of sp³-hybridized carbons (Fsp3) is 0.100. The number of nitrogens with zero attached hydrogens (tertiary/aromatic N) is 1. The Hall–Kier alpha value is -2.85. The molecule has 0 amide bonds. The molecule has 4 nitrogen and oxygen atoms in total. The predicted octanol–water partition coefficient (Wildman–Crippen LogP) is 4.77. The third-order valence-electron chi connectivity index (χ3n) is 3.69. The lowest BCUT2D eigenvalue weighted by Gasteiger charge is -2.06. The lowest BCUT2D eigenvalue weighted by Crippen LogP contribution is -1.95. The normalized spacial score (nSPS) is 11.1. The number of anilines is 1. The molecule has 0 spiro atoms. The zero-order chi connectivity index (χ0) is 17.8. The van der Waals surface area contributed by atoms with E-state index in [1.807, 2.05) is 31.2 Å². The second-order valence-electron chi connectivity index (χ2n) is 5.48. The Morgan fingerprint density at radius 2 is 1.96 bits per heavy atom. The number of carbonyl (C=O) groups is 1. The van der Waals surface area contributed by atoms with Gasteiger partial charge in [-0.15, -0.1) is 0 Å². The number of rotatable bonds is 5. The second kappa shape index (κ2) is 7.36. The number of aromatic nitrogens is 1. The van der Waals surface area contributed by atoms with Gasteiger partial charge >= 0.3 is 0 Å². The van der Waals surface area contributed by atoms with Crippen molar-refractivity contribution in [3.8, 4) is 5.75 Å². The minimum Gasteiger partial charge on any atom is -0.494 e. The second-order valence-corrected chi connectivity index (χ2v) is 5.83. The topological polar surface area (TPSA) is 65.2 Å². The van der Waals surface area contributed by atoms with Gasteiger partial charge in [0, 0.05) is 28.3 Å². The number of pyridine rings is 1. The largest absolute Gasteiger partial charge is 0.494 e. The Morgan fingerprint density at radius 1 is 1.20 bits per heavy atom. The summed E-state index contributed by atoms with van der Waals surface area (Å²) in [6, 6.07) is 14.3. The Balaban J connectivity index is 1.87. The summed E-state index contributed by atoms with van der Waals surface area (Å²) in [7, 11) is 0. The van der Waals surface area contributed by atoms with E-state index in [9.17, 15) is 4.79 Å². The molecule has 3 rings (SSSR count). The van der Waals surface area contributed by atoms with Crippen LogP contribution in [0.15, 0.2) is 54.6 Å². The molecule has 25 heavy (non-hydrogen) atoms. The van der Waals surface area contributed by atoms with Crippen LogP contribution >= 0.6 is 11.6 Å². The van der Waals surface area contributed by atoms with Crippen LogP contribution in [-0.4, -0.2) is 17.4 Å². The zero-order valence-electron chi connectivity index (χ0n) is 13.7. The van der Waals surface area contributed by atoms with E-state index >= 15 is 0 Å². The molecular formula is C20H17ClN2O2. The molecule has 0 atom stereocenters. The van der Waals surface area contributed by atoms with E-state index in [4.69, 9.17) is 22.1 Å². The number of ketones is 1. The van der Waals surface area contributed by atoms with Crippen LogP contribution in [0.2, 0.25) is 5.15 Å². The predicted molar refractivity (Wildman–Crippen MR) is 102 cm³/mol. The molecule has 0 saturated carbocycles. The van der Waals surface area contributed by atoms with E-state index in [0.717, 1.165) is 16.7 Å². The maximum absolute atomic E-state index is 12.2. The number of nitrogen functional groups attached to an aromatic ring is 1. The number of ether oxygens (including phenoxy) is 1. The standard InChI is InChI=1S/C20H17ClN2O2/c1-2-25-17-9-5-14-11-15(20(21)23-18(14)12-17)6-10-19(24)13-3-7-16(22)8-4-13/h3-12H,2,22H2,1H3. The molecule has 1 aromatic heterocycles. The lowest BCUT2D eigenvalue weighted by molar-refractivity contribution is 0.104. The van der Waals surface area contributed by atoms with E-state index in [0.29, 0.717) is 28.6 Å². The molecular weight excluding hydrogens is 336 g/mol. The fourth-order valence-corrected chi connectivity index (χ4v) is 2.63. The summed E-state index contributed by atoms with van der Waals surface area (Å²) in [6.07, 6.45) is 3.15. The molecule has 5 heteroatoms. The van der Waals surface area contributed by atoms with Gasteiger partial charge in [-0.2, -0.15) is 0 Å². The third kappa shape index (κ3) is 3.98. The molecule has 1 heterocycles. The highest BCUT2D eigenvalue weighted by atomic mass is 35.5. The summed E-state index contributed by atoms with van der Waals surface area (Å²) in [5, 5.41) is 1.26. The molecule has 126 valence electrons. The van der Waals surface area contributed by atoms with Crippen molar-refractivity contribution >= 4 is 40.1 Å². The number of halogens is 1. The number of carbonyl (C=O) groups excluding carboxylic acids is 1. The number of fused-ring (bicyclic) bond motifs is 1. The van der Waals surface area contributed by atoms with Gasteiger partial charge in [0.15, 0.2) is 5.78 Å². The summed E-state index contributed by atoms with van der Waals surface area (Å²) in [6.45, 7) is 2.52. The van der Waals surface area contributed by atoms with Crippen LogP contribution < -0.4 is 10.5 Å². The van der Waals surface area contributed by atoms with Gasteiger partial charge in [0.05, 0.1) is 12.1 Å². The number of hydrogen-bond acceptors (Lipinski definition) is 4. The van der Waals surface area contributed by atoms with Crippen LogP contribution in [0, 0.1) is 0 Å². The quantitative estimate of drug-likeness (QED) is 0.311. The number of hydrogen-bond donors (Lipinski definition) is 1. The molecule has 2 N–H and O–H groups in total. The first kappa shape index (κ1) is 17.0. The minimum absolute atomic E-state index is 0.122. The Bertz CT molecular complexity index is 950. The van der Waals surface area contributed by atoms with E-state index < -0.39 is 0 Å². The van der Waals surface area contributed by atoms with E-state index in [1.165, 1.54) is 6.08 Å². The molecule has 0 radical (unpaired) electrons. The molecule has 3 aromatic rings. The summed E-state index contributed by atoms with van der Waals surface area (Å²) in [4.78, 5) is 16.6. The molecule has 0 unspecified atom stereocenters. The lowest BCUT2D eigenvalue weighted by atomic mass is 10.1. The van der Waals surface area contributed by atoms with Crippen molar-refractivity contribution in [3.63, 3.8) is 0 Å². The SMILES string of the molecule is CCOc1ccc2cc(C=CC(=O)c3ccc(N)cc3)c(Cl)nc2c1. The van der Waals surface area contributed by atoms with E-state index in [2.05, 4.69) is 4.98 Å². The van der Waals surface area contributed by atoms with Crippen molar-refractivity contribution in [2.24, 2.45) is 0 Å². The highest BCUT2D eigenvalue weighted by Crippen LogP contribution is 2.25. The van der Waals surface area contributed by atoms with Crippen LogP contribution in [0.3, 0.4) is 0 Å². The highest BCUT2D eigenvalue weighted by Gasteiger charge is 2.06. The van der Waals surface area contributed by atoms with E-state index in [-0.39, 0.29) is 5.78 Å². The van der Waals surface area contributed by atoms with Crippen molar-refractivity contribution in [1.82, 2.24) is 4.98 Å². The monoisotopic (exact) mass is 352 g/mol. The fourth-order valence-electron chi connectivity index (χ4n) is 2.42. The van der Waals surface area contributed by atoms with Crippen molar-refractivity contribution in [2.45, 2.75) is 6.92 Å². The average Bonchev–Trinajstić information content (AvgIpc) is 2.60. The van der Waals surface area contributed by atoms with Gasteiger partial charge in [0.25, 0.3) is 0 Å². The van der Waals surface area contributed by atoms with Crippen LogP contribution in [0.1, 0.15) is 22.8 Å². The molecule has 0 fully saturated rings. The van der Waals surface area contributed by atoms with Crippen molar-refractivity contribution < 1.29 is 9.53 Å². The number of benzene rings is 2. The maximum Gasteiger partial charge on any atom is 0.185 e. The van der Waals surface area contributed by atoms with Crippen LogP contribution in [0.4, 0.5) is 5.69 Å². The Morgan fingerprint density at radius 3 is 2.68 bits per heavy atom. The summed E-state index contributed by atoms with van der Waals surface area (Å²) in [5.74, 6) is 0.628. The summed E-state index contributed by atoms with van der Waals surface area (Å²) in [5.41, 5.74) is 8.25. The number of nitrogens with two attached hydrogens (primary N) is 1. The van der Waals surface area contributed by atoms with Gasteiger partial charge in [-0.3, -0.25) is 4.79 Å². The molecule has 0 aliphatic carbocycles. The third-order valence-corrected chi connectivity index (χ3v) is 3.99. The smallest absolute Gasteiger partial charge is 0.185 e. The first-order chi connectivity index (χ1) is 12.1. The molecule has 2 aromatic carbocycles. The summed E-state index contributed by atoms with van der Waals surface area (Å²) >= 11 is 6.25. The molecule has 0 aliphatic rings. The van der Waals surface area contributed by atoms with Gasteiger partial charge in [-0.1, -0.05) is 11.6 Å². The van der Waals surface area contributed by atoms with Gasteiger partial charge in [-0.25, -0.2) is 4.98 Å². The van der Waals surface area contributed by atoms with Gasteiger partial charge < -0.3 is 10.5 Å². The van der Waals surface area contributed by atoms with Crippen LogP contribution in [-0.2, 0) is 0 Å². The van der Waals surface area contributed by atoms with Crippen molar-refractivity contribution in [3.05, 3.63) is 70.9 Å². The van der Waals surface area contributed by atoms with Crippen LogP contribution in [0.25, 0.3) is 17.0 Å². The highest BCUT2D eigenvalue weighted by molar-refractivity contribution is 6.31. The van der Waals surface area contributed by atoms with E-state index in [1.54, 1.807) is 30.3 Å². The van der Waals surface area contributed by atoms with Crippen LogP contribution in [0.5, 0.6) is 5.75 Å². The minimum atomic E-state index is -0.122. The summed E-state index contributed by atoms with van der Waals surface area (Å²) < 4.78 is 5.47. The Kier molecular flexibility index (Phi) is 5.00. The first-order valence-corrected chi connectivity index (χ1v) is 8.25. The molecule has 0 bridgehead atoms. The van der Waals surface area contributed by atoms with Crippen molar-refractivity contribution in [1.29, 1.82) is 0 Å². The van der Waals surface area contributed by atoms with Gasteiger partial charge in [0.1, 0.15) is 10.9 Å². The Labute approximate surface area is 150 Å². The van der Waals surface area contributed by atoms with Crippen molar-refractivity contribution in [2.75, 3.05) is 12.3 Å². The van der Waals surface area contributed by atoms with Gasteiger partial charge in [0.2, 0.25) is 0 Å². The average molecular weight is 353 g/mol. The number of allylic oxidation sites excluding steroid dienone is 1. The van der Waals surface area contributed by atoms with Gasteiger partial charge in [-0.05, 0) is 61.5 Å². The first-order valence-electron chi connectivity index (χ1n) is 7.88.